The molecule has 0 unspecified atom stereocenters. The van der Waals surface area contributed by atoms with Crippen LogP contribution in [0.5, 0.6) is 0 Å². The Bertz CT molecular complexity index is 738. The number of amides is 2. The van der Waals surface area contributed by atoms with Crippen molar-refractivity contribution in [3.05, 3.63) is 58.4 Å². The quantitative estimate of drug-likeness (QED) is 0.853. The molecule has 1 aromatic heterocycles. The SMILES string of the molecule is Cc1ccc(NC(=O)CN(C)C(=O)c2ccc[nH]c2=S)cc1. The molecule has 0 atom stereocenters. The molecule has 114 valence electrons. The van der Waals surface area contributed by atoms with Crippen LogP contribution in [0.4, 0.5) is 5.69 Å². The van der Waals surface area contributed by atoms with Gasteiger partial charge in [0.05, 0.1) is 12.1 Å². The fraction of sp³-hybridized carbons (Fsp3) is 0.188. The molecule has 2 N–H and O–H groups in total. The summed E-state index contributed by atoms with van der Waals surface area (Å²) >= 11 is 5.07. The number of rotatable bonds is 4. The van der Waals surface area contributed by atoms with Gasteiger partial charge in [-0.1, -0.05) is 29.9 Å². The van der Waals surface area contributed by atoms with Crippen LogP contribution in [-0.4, -0.2) is 35.3 Å². The number of aryl methyl sites for hydroxylation is 1. The first-order chi connectivity index (χ1) is 10.5. The average molecular weight is 315 g/mol. The number of nitrogens with zero attached hydrogens (tertiary/aromatic N) is 1. The van der Waals surface area contributed by atoms with Gasteiger partial charge in [-0.05, 0) is 31.2 Å². The molecular weight excluding hydrogens is 298 g/mol. The predicted molar refractivity (Wildman–Crippen MR) is 88.4 cm³/mol. The molecule has 0 radical (unpaired) electrons. The summed E-state index contributed by atoms with van der Waals surface area (Å²) in [6, 6.07) is 10.8. The summed E-state index contributed by atoms with van der Waals surface area (Å²) in [5.74, 6) is -0.550. The summed E-state index contributed by atoms with van der Waals surface area (Å²) in [5, 5.41) is 2.75. The topological polar surface area (TPSA) is 65.2 Å². The maximum absolute atomic E-state index is 12.3. The van der Waals surface area contributed by atoms with Crippen LogP contribution in [0.1, 0.15) is 15.9 Å². The Labute approximate surface area is 134 Å². The van der Waals surface area contributed by atoms with Crippen LogP contribution in [0.2, 0.25) is 0 Å². The smallest absolute Gasteiger partial charge is 0.257 e. The zero-order valence-corrected chi connectivity index (χ0v) is 13.2. The van der Waals surface area contributed by atoms with Gasteiger partial charge in [0.15, 0.2) is 0 Å². The molecule has 5 nitrogen and oxygen atoms in total. The van der Waals surface area contributed by atoms with Crippen molar-refractivity contribution >= 4 is 29.7 Å². The second-order valence-electron chi connectivity index (χ2n) is 4.99. The Balaban J connectivity index is 1.99. The molecule has 2 amide bonds. The Hall–Kier alpha value is -2.47. The molecule has 0 aliphatic heterocycles. The van der Waals surface area contributed by atoms with Gasteiger partial charge in [0, 0.05) is 18.9 Å². The van der Waals surface area contributed by atoms with E-state index in [9.17, 15) is 9.59 Å². The van der Waals surface area contributed by atoms with E-state index in [2.05, 4.69) is 10.3 Å². The van der Waals surface area contributed by atoms with Gasteiger partial charge in [-0.15, -0.1) is 0 Å². The molecule has 0 aliphatic rings. The van der Waals surface area contributed by atoms with Crippen molar-refractivity contribution in [2.45, 2.75) is 6.92 Å². The highest BCUT2D eigenvalue weighted by Gasteiger charge is 2.16. The van der Waals surface area contributed by atoms with E-state index in [0.29, 0.717) is 15.9 Å². The number of pyridine rings is 1. The van der Waals surface area contributed by atoms with Gasteiger partial charge in [-0.3, -0.25) is 9.59 Å². The Morgan fingerprint density at radius 1 is 1.23 bits per heavy atom. The van der Waals surface area contributed by atoms with Crippen LogP contribution < -0.4 is 5.32 Å². The van der Waals surface area contributed by atoms with E-state index in [1.165, 1.54) is 4.90 Å². The van der Waals surface area contributed by atoms with Crippen LogP contribution in [0.25, 0.3) is 0 Å². The van der Waals surface area contributed by atoms with Gasteiger partial charge in [0.25, 0.3) is 5.91 Å². The van der Waals surface area contributed by atoms with Crippen LogP contribution in [-0.2, 0) is 4.79 Å². The lowest BCUT2D eigenvalue weighted by Gasteiger charge is -2.16. The fourth-order valence-corrected chi connectivity index (χ4v) is 2.14. The van der Waals surface area contributed by atoms with Gasteiger partial charge in [-0.2, -0.15) is 0 Å². The number of nitrogens with one attached hydrogen (secondary N) is 2. The van der Waals surface area contributed by atoms with Crippen molar-refractivity contribution < 1.29 is 9.59 Å². The lowest BCUT2D eigenvalue weighted by atomic mass is 10.2. The first-order valence-corrected chi connectivity index (χ1v) is 7.18. The Morgan fingerprint density at radius 2 is 1.91 bits per heavy atom. The number of aromatic nitrogens is 1. The summed E-state index contributed by atoms with van der Waals surface area (Å²) in [6.07, 6.45) is 1.66. The molecule has 2 rings (SSSR count). The Morgan fingerprint density at radius 3 is 2.55 bits per heavy atom. The monoisotopic (exact) mass is 315 g/mol. The summed E-state index contributed by atoms with van der Waals surface area (Å²) < 4.78 is 0.360. The maximum atomic E-state index is 12.3. The molecule has 0 bridgehead atoms. The van der Waals surface area contributed by atoms with Crippen molar-refractivity contribution in [3.63, 3.8) is 0 Å². The number of aromatic amines is 1. The molecule has 0 saturated carbocycles. The highest BCUT2D eigenvalue weighted by atomic mass is 32.1. The summed E-state index contributed by atoms with van der Waals surface area (Å²) in [5.41, 5.74) is 2.19. The first kappa shape index (κ1) is 15.9. The lowest BCUT2D eigenvalue weighted by Crippen LogP contribution is -2.35. The van der Waals surface area contributed by atoms with Crippen LogP contribution in [0, 0.1) is 11.6 Å². The molecule has 0 aliphatic carbocycles. The third kappa shape index (κ3) is 4.02. The van der Waals surface area contributed by atoms with E-state index in [-0.39, 0.29) is 18.4 Å². The third-order valence-corrected chi connectivity index (χ3v) is 3.45. The zero-order chi connectivity index (χ0) is 16.1. The minimum Gasteiger partial charge on any atom is -0.352 e. The minimum atomic E-state index is -0.291. The van der Waals surface area contributed by atoms with Crippen molar-refractivity contribution in [2.24, 2.45) is 0 Å². The van der Waals surface area contributed by atoms with Crippen LogP contribution in [0.3, 0.4) is 0 Å². The van der Waals surface area contributed by atoms with Crippen LogP contribution >= 0.6 is 12.2 Å². The third-order valence-electron chi connectivity index (χ3n) is 3.11. The first-order valence-electron chi connectivity index (χ1n) is 6.77. The summed E-state index contributed by atoms with van der Waals surface area (Å²) in [7, 11) is 1.57. The number of H-pyrrole nitrogens is 1. The number of likely N-dealkylation sites (N-methyl/N-ethyl adjacent to an activating group) is 1. The predicted octanol–water partition coefficient (Wildman–Crippen LogP) is 2.76. The molecule has 0 fully saturated rings. The number of hydrogen-bond acceptors (Lipinski definition) is 3. The van der Waals surface area contributed by atoms with E-state index in [1.54, 1.807) is 25.4 Å². The second-order valence-corrected chi connectivity index (χ2v) is 5.40. The van der Waals surface area contributed by atoms with E-state index in [1.807, 2.05) is 31.2 Å². The molecule has 22 heavy (non-hydrogen) atoms. The van der Waals surface area contributed by atoms with E-state index < -0.39 is 0 Å². The molecule has 0 spiro atoms. The molecule has 1 aromatic carbocycles. The summed E-state index contributed by atoms with van der Waals surface area (Å²) in [6.45, 7) is 1.93. The van der Waals surface area contributed by atoms with Gasteiger partial charge < -0.3 is 15.2 Å². The van der Waals surface area contributed by atoms with Gasteiger partial charge in [-0.25, -0.2) is 0 Å². The maximum Gasteiger partial charge on any atom is 0.257 e. The van der Waals surface area contributed by atoms with Gasteiger partial charge in [0.2, 0.25) is 5.91 Å². The van der Waals surface area contributed by atoms with Gasteiger partial charge in [0.1, 0.15) is 4.64 Å². The van der Waals surface area contributed by atoms with E-state index in [4.69, 9.17) is 12.2 Å². The molecule has 2 aromatic rings. The standard InChI is InChI=1S/C16H17N3O2S/c1-11-5-7-12(8-6-11)18-14(20)10-19(2)16(21)13-4-3-9-17-15(13)22/h3-9H,10H2,1-2H3,(H,17,22)(H,18,20). The normalized spacial score (nSPS) is 10.1. The number of anilines is 1. The summed E-state index contributed by atoms with van der Waals surface area (Å²) in [4.78, 5) is 28.4. The van der Waals surface area contributed by atoms with Crippen molar-refractivity contribution in [1.82, 2.24) is 9.88 Å². The largest absolute Gasteiger partial charge is 0.352 e. The number of carbonyl (C=O) groups excluding carboxylic acids is 2. The number of carbonyl (C=O) groups is 2. The van der Waals surface area contributed by atoms with Crippen LogP contribution in [0.15, 0.2) is 42.6 Å². The molecular formula is C16H17N3O2S. The fourth-order valence-electron chi connectivity index (χ4n) is 1.92. The molecule has 0 saturated heterocycles. The molecule has 1 heterocycles. The van der Waals surface area contributed by atoms with E-state index >= 15 is 0 Å². The van der Waals surface area contributed by atoms with Crippen molar-refractivity contribution in [1.29, 1.82) is 0 Å². The average Bonchev–Trinajstić information content (AvgIpc) is 2.49. The van der Waals surface area contributed by atoms with Crippen molar-refractivity contribution in [2.75, 3.05) is 18.9 Å². The number of hydrogen-bond donors (Lipinski definition) is 2. The molecule has 6 heteroatoms. The second kappa shape index (κ2) is 7.00. The highest BCUT2D eigenvalue weighted by Crippen LogP contribution is 2.09. The lowest BCUT2D eigenvalue weighted by molar-refractivity contribution is -0.116. The number of benzene rings is 1. The minimum absolute atomic E-state index is 0.0453. The Kier molecular flexibility index (Phi) is 5.06. The van der Waals surface area contributed by atoms with E-state index in [0.717, 1.165) is 5.56 Å². The zero-order valence-electron chi connectivity index (χ0n) is 12.4. The van der Waals surface area contributed by atoms with Gasteiger partial charge >= 0.3 is 0 Å². The highest BCUT2D eigenvalue weighted by molar-refractivity contribution is 7.71. The van der Waals surface area contributed by atoms with Crippen molar-refractivity contribution in [3.8, 4) is 0 Å².